The molecule has 0 N–H and O–H groups in total. The maximum Gasteiger partial charge on any atom is 0.0554 e. The Morgan fingerprint density at radius 3 is 1.88 bits per heavy atom. The lowest BCUT2D eigenvalue weighted by atomic mass is 9.62. The van der Waals surface area contributed by atoms with Crippen LogP contribution in [0.3, 0.4) is 0 Å². The average Bonchev–Trinajstić information content (AvgIpc) is 3.70. The number of hydrogen-bond donors (Lipinski definition) is 0. The summed E-state index contributed by atoms with van der Waals surface area (Å²) in [6.45, 7) is 0. The smallest absolute Gasteiger partial charge is 0.0554 e. The summed E-state index contributed by atoms with van der Waals surface area (Å²) in [5.74, 6) is 0.605. The van der Waals surface area contributed by atoms with Gasteiger partial charge in [-0.15, -0.1) is 0 Å². The van der Waals surface area contributed by atoms with Gasteiger partial charge in [-0.3, -0.25) is 0 Å². The Kier molecular flexibility index (Phi) is 6.29. The van der Waals surface area contributed by atoms with Crippen LogP contribution < -0.4 is 0 Å². The van der Waals surface area contributed by atoms with Gasteiger partial charge in [-0.2, -0.15) is 0 Å². The van der Waals surface area contributed by atoms with Crippen molar-refractivity contribution < 1.29 is 0 Å². The van der Waals surface area contributed by atoms with E-state index in [2.05, 4.69) is 193 Å². The van der Waals surface area contributed by atoms with E-state index in [0.717, 1.165) is 0 Å². The molecule has 1 aromatic heterocycles. The van der Waals surface area contributed by atoms with Crippen molar-refractivity contribution in [1.82, 2.24) is 4.57 Å². The maximum absolute atomic E-state index is 2.48. The summed E-state index contributed by atoms with van der Waals surface area (Å²) in [4.78, 5) is 2.72. The second-order valence-electron chi connectivity index (χ2n) is 14.0. The first-order valence-electron chi connectivity index (χ1n) is 17.9. The minimum Gasteiger partial charge on any atom is -0.309 e. The Morgan fingerprint density at radius 2 is 1.10 bits per heavy atom. The van der Waals surface area contributed by atoms with E-state index in [1.807, 2.05) is 11.8 Å². The zero-order valence-corrected chi connectivity index (χ0v) is 28.7. The van der Waals surface area contributed by atoms with Gasteiger partial charge in [-0.05, 0) is 80.9 Å². The number of rotatable bonds is 3. The molecule has 1 nitrogen and oxygen atoms in total. The minimum absolute atomic E-state index is 0.292. The predicted octanol–water partition coefficient (Wildman–Crippen LogP) is 12.8. The highest BCUT2D eigenvalue weighted by atomic mass is 32.2. The van der Waals surface area contributed by atoms with Crippen molar-refractivity contribution in [2.24, 2.45) is 5.92 Å². The van der Waals surface area contributed by atoms with E-state index in [1.165, 1.54) is 81.8 Å². The van der Waals surface area contributed by atoms with Crippen LogP contribution in [0.25, 0.3) is 49.7 Å². The van der Waals surface area contributed by atoms with Gasteiger partial charge in [0.25, 0.3) is 0 Å². The highest BCUT2D eigenvalue weighted by Gasteiger charge is 2.56. The fourth-order valence-corrected chi connectivity index (χ4v) is 10.8. The van der Waals surface area contributed by atoms with Gasteiger partial charge >= 0.3 is 0 Å². The number of para-hydroxylation sites is 2. The summed E-state index contributed by atoms with van der Waals surface area (Å²) in [5.41, 5.74) is 14.2. The van der Waals surface area contributed by atoms with Crippen molar-refractivity contribution in [1.29, 1.82) is 0 Å². The van der Waals surface area contributed by atoms with Crippen molar-refractivity contribution in [3.8, 4) is 27.9 Å². The monoisotopic (exact) mass is 667 g/mol. The maximum atomic E-state index is 2.48. The molecule has 0 bridgehead atoms. The number of aromatic nitrogens is 1. The quantitative estimate of drug-likeness (QED) is 0.182. The lowest BCUT2D eigenvalue weighted by Crippen LogP contribution is -2.38. The van der Waals surface area contributed by atoms with Gasteiger partial charge in [-0.25, -0.2) is 0 Å². The SMILES string of the molecule is C1=CC2c3cccc(-c4ccc(-c5cccc6c5c5ccccc5n6-c5ccccc5)cc4)c3C3(c4ccccc4Sc4ccccc43)C2C=C1. The molecular weight excluding hydrogens is 635 g/mol. The zero-order valence-electron chi connectivity index (χ0n) is 27.9. The van der Waals surface area contributed by atoms with Crippen LogP contribution in [0.1, 0.15) is 28.2 Å². The number of fused-ring (bicyclic) bond motifs is 12. The molecule has 2 heterocycles. The molecule has 2 atom stereocenters. The predicted molar refractivity (Wildman–Crippen MR) is 213 cm³/mol. The van der Waals surface area contributed by atoms with Gasteiger partial charge in [-0.1, -0.05) is 163 Å². The fourth-order valence-electron chi connectivity index (χ4n) is 9.61. The molecule has 1 aliphatic heterocycles. The van der Waals surface area contributed by atoms with Crippen LogP contribution in [-0.4, -0.2) is 4.57 Å². The molecule has 2 aliphatic carbocycles. The highest BCUT2D eigenvalue weighted by molar-refractivity contribution is 7.99. The van der Waals surface area contributed by atoms with Crippen molar-refractivity contribution in [3.63, 3.8) is 0 Å². The summed E-state index contributed by atoms with van der Waals surface area (Å²) in [6, 6.07) is 61.0. The third-order valence-electron chi connectivity index (χ3n) is 11.5. The molecular formula is C49H33NS. The molecule has 8 aromatic rings. The highest BCUT2D eigenvalue weighted by Crippen LogP contribution is 2.66. The molecule has 0 fully saturated rings. The minimum atomic E-state index is -0.292. The molecule has 1 spiro atoms. The Labute approximate surface area is 302 Å². The second-order valence-corrected chi connectivity index (χ2v) is 15.0. The molecule has 0 saturated heterocycles. The summed E-state index contributed by atoms with van der Waals surface area (Å²) < 4.78 is 2.40. The molecule has 11 rings (SSSR count). The third kappa shape index (κ3) is 4.00. The van der Waals surface area contributed by atoms with E-state index in [0.29, 0.717) is 11.8 Å². The normalized spacial score (nSPS) is 17.7. The molecule has 2 heteroatoms. The van der Waals surface area contributed by atoms with Gasteiger partial charge in [0.15, 0.2) is 0 Å². The summed E-state index contributed by atoms with van der Waals surface area (Å²) in [6.07, 6.45) is 9.43. The molecule has 240 valence electrons. The van der Waals surface area contributed by atoms with Crippen LogP contribution in [0.4, 0.5) is 0 Å². The standard InChI is InChI=1S/C49H33NS/c1-2-14-34(15-3-1)50-43-24-9-5-17-39(43)47-35(18-13-25-44(47)50)32-28-30-33(31-29-32)36-19-12-20-38-37-16-4-6-21-40(37)49(48(36)38)41-22-7-10-26-45(41)51-46-27-11-8-23-42(46)49/h1-31,37,40H. The molecule has 0 amide bonds. The molecule has 51 heavy (non-hydrogen) atoms. The zero-order chi connectivity index (χ0) is 33.5. The molecule has 2 unspecified atom stereocenters. The Hall–Kier alpha value is -5.83. The first-order valence-corrected chi connectivity index (χ1v) is 18.7. The van der Waals surface area contributed by atoms with Crippen LogP contribution in [0.2, 0.25) is 0 Å². The number of benzene rings is 7. The van der Waals surface area contributed by atoms with Crippen molar-refractivity contribution in [3.05, 3.63) is 210 Å². The van der Waals surface area contributed by atoms with E-state index in [-0.39, 0.29) is 5.41 Å². The topological polar surface area (TPSA) is 4.93 Å². The van der Waals surface area contributed by atoms with Crippen molar-refractivity contribution >= 4 is 33.6 Å². The van der Waals surface area contributed by atoms with Crippen molar-refractivity contribution in [2.45, 2.75) is 21.1 Å². The number of hydrogen-bond acceptors (Lipinski definition) is 1. The van der Waals surface area contributed by atoms with E-state index >= 15 is 0 Å². The average molecular weight is 668 g/mol. The van der Waals surface area contributed by atoms with Gasteiger partial charge in [0.05, 0.1) is 16.4 Å². The van der Waals surface area contributed by atoms with Gasteiger partial charge < -0.3 is 4.57 Å². The summed E-state index contributed by atoms with van der Waals surface area (Å²) in [5, 5.41) is 2.56. The van der Waals surface area contributed by atoms with Crippen LogP contribution in [0.15, 0.2) is 198 Å². The molecule has 3 aliphatic rings. The van der Waals surface area contributed by atoms with Gasteiger partial charge in [0, 0.05) is 38.1 Å². The lowest BCUT2D eigenvalue weighted by Gasteiger charge is -2.44. The second kappa shape index (κ2) is 11.1. The Bertz CT molecular complexity index is 2680. The molecule has 7 aromatic carbocycles. The van der Waals surface area contributed by atoms with Crippen LogP contribution in [0, 0.1) is 5.92 Å². The fraction of sp³-hybridized carbons (Fsp3) is 0.0612. The van der Waals surface area contributed by atoms with E-state index in [4.69, 9.17) is 0 Å². The Morgan fingerprint density at radius 1 is 0.490 bits per heavy atom. The van der Waals surface area contributed by atoms with Crippen LogP contribution in [0.5, 0.6) is 0 Å². The van der Waals surface area contributed by atoms with Crippen LogP contribution >= 0.6 is 11.8 Å². The first-order chi connectivity index (χ1) is 25.3. The van der Waals surface area contributed by atoms with Gasteiger partial charge in [0.1, 0.15) is 0 Å². The third-order valence-corrected chi connectivity index (χ3v) is 12.7. The summed E-state index contributed by atoms with van der Waals surface area (Å²) in [7, 11) is 0. The lowest BCUT2D eigenvalue weighted by molar-refractivity contribution is 0.442. The number of allylic oxidation sites excluding steroid dienone is 4. The Balaban J connectivity index is 1.12. The van der Waals surface area contributed by atoms with Gasteiger partial charge in [0.2, 0.25) is 0 Å². The van der Waals surface area contributed by atoms with E-state index < -0.39 is 0 Å². The van der Waals surface area contributed by atoms with E-state index in [9.17, 15) is 0 Å². The first kappa shape index (κ1) is 29.0. The summed E-state index contributed by atoms with van der Waals surface area (Å²) >= 11 is 1.92. The molecule has 0 saturated carbocycles. The van der Waals surface area contributed by atoms with E-state index in [1.54, 1.807) is 0 Å². The largest absolute Gasteiger partial charge is 0.309 e. The molecule has 0 radical (unpaired) electrons. The van der Waals surface area contributed by atoms with Crippen molar-refractivity contribution in [2.75, 3.05) is 0 Å². The van der Waals surface area contributed by atoms with Crippen LogP contribution in [-0.2, 0) is 5.41 Å². The number of nitrogens with zero attached hydrogens (tertiary/aromatic N) is 1.